The lowest BCUT2D eigenvalue weighted by Gasteiger charge is -2.05. The predicted octanol–water partition coefficient (Wildman–Crippen LogP) is 2.88. The summed E-state index contributed by atoms with van der Waals surface area (Å²) in [7, 11) is 0. The number of hydrogen-bond acceptors (Lipinski definition) is 2. The third-order valence-electron chi connectivity index (χ3n) is 2.41. The molecule has 1 rings (SSSR count). The van der Waals surface area contributed by atoms with E-state index in [4.69, 9.17) is 0 Å². The number of hydrazone groups is 1. The molecule has 3 heteroatoms. The first-order valence-electron chi connectivity index (χ1n) is 5.89. The van der Waals surface area contributed by atoms with Gasteiger partial charge in [0.25, 0.3) is 0 Å². The zero-order valence-corrected chi connectivity index (χ0v) is 10.9. The molecule has 0 heterocycles. The van der Waals surface area contributed by atoms with Crippen LogP contribution in [0, 0.1) is 12.8 Å². The summed E-state index contributed by atoms with van der Waals surface area (Å²) in [5.41, 5.74) is 5.64. The maximum atomic E-state index is 11.4. The van der Waals surface area contributed by atoms with Crippen molar-refractivity contribution in [2.45, 2.75) is 34.1 Å². The van der Waals surface area contributed by atoms with Gasteiger partial charge in [-0.2, -0.15) is 5.10 Å². The summed E-state index contributed by atoms with van der Waals surface area (Å²) < 4.78 is 0. The second kappa shape index (κ2) is 6.18. The monoisotopic (exact) mass is 232 g/mol. The Kier molecular flexibility index (Phi) is 4.88. The van der Waals surface area contributed by atoms with E-state index in [1.54, 1.807) is 0 Å². The second-order valence-electron chi connectivity index (χ2n) is 4.70. The third kappa shape index (κ3) is 4.81. The van der Waals surface area contributed by atoms with Gasteiger partial charge in [0.05, 0.1) is 5.71 Å². The van der Waals surface area contributed by atoms with E-state index in [0.717, 1.165) is 11.3 Å². The highest BCUT2D eigenvalue weighted by molar-refractivity contribution is 5.99. The summed E-state index contributed by atoms with van der Waals surface area (Å²) in [6, 6.07) is 8.07. The number of aryl methyl sites for hydroxylation is 1. The number of carbonyl (C=O) groups is 1. The van der Waals surface area contributed by atoms with Gasteiger partial charge in [-0.1, -0.05) is 43.7 Å². The first-order chi connectivity index (χ1) is 7.99. The van der Waals surface area contributed by atoms with Crippen LogP contribution in [-0.2, 0) is 4.79 Å². The number of rotatable bonds is 4. The molecule has 0 aromatic heterocycles. The summed E-state index contributed by atoms with van der Waals surface area (Å²) in [5, 5.41) is 4.09. The van der Waals surface area contributed by atoms with E-state index in [2.05, 4.69) is 10.5 Å². The minimum absolute atomic E-state index is 0.0357. The van der Waals surface area contributed by atoms with Crippen LogP contribution < -0.4 is 5.43 Å². The van der Waals surface area contributed by atoms with Crippen LogP contribution >= 0.6 is 0 Å². The average molecular weight is 232 g/mol. The molecule has 0 radical (unpaired) electrons. The van der Waals surface area contributed by atoms with Crippen LogP contribution in [0.1, 0.15) is 38.3 Å². The number of nitrogens with one attached hydrogen (secondary N) is 1. The van der Waals surface area contributed by atoms with Crippen molar-refractivity contribution in [2.24, 2.45) is 11.0 Å². The van der Waals surface area contributed by atoms with Gasteiger partial charge >= 0.3 is 0 Å². The molecular formula is C14H20N2O. The summed E-state index contributed by atoms with van der Waals surface area (Å²) >= 11 is 0. The summed E-state index contributed by atoms with van der Waals surface area (Å²) in [6.07, 6.45) is 0.505. The van der Waals surface area contributed by atoms with Gasteiger partial charge in [0.15, 0.2) is 0 Å². The molecule has 0 fully saturated rings. The van der Waals surface area contributed by atoms with Gasteiger partial charge in [0.1, 0.15) is 0 Å². The smallest absolute Gasteiger partial charge is 0.240 e. The molecule has 92 valence electrons. The lowest BCUT2D eigenvalue weighted by molar-refractivity contribution is -0.121. The van der Waals surface area contributed by atoms with Crippen molar-refractivity contribution in [1.29, 1.82) is 0 Å². The van der Waals surface area contributed by atoms with Gasteiger partial charge in [-0.3, -0.25) is 4.79 Å². The molecule has 0 saturated carbocycles. The van der Waals surface area contributed by atoms with Crippen LogP contribution in [0.5, 0.6) is 0 Å². The Hall–Kier alpha value is -1.64. The molecule has 0 saturated heterocycles. The molecular weight excluding hydrogens is 212 g/mol. The van der Waals surface area contributed by atoms with E-state index in [9.17, 15) is 4.79 Å². The van der Waals surface area contributed by atoms with Gasteiger partial charge in [0, 0.05) is 6.42 Å². The van der Waals surface area contributed by atoms with Crippen molar-refractivity contribution in [3.05, 3.63) is 35.4 Å². The van der Waals surface area contributed by atoms with Gasteiger partial charge in [0.2, 0.25) is 5.91 Å². The van der Waals surface area contributed by atoms with E-state index in [0.29, 0.717) is 12.3 Å². The largest absolute Gasteiger partial charge is 0.273 e. The topological polar surface area (TPSA) is 41.5 Å². The Morgan fingerprint density at radius 3 is 2.41 bits per heavy atom. The van der Waals surface area contributed by atoms with Crippen LogP contribution in [0.15, 0.2) is 29.4 Å². The minimum atomic E-state index is -0.0357. The normalized spacial score (nSPS) is 11.7. The van der Waals surface area contributed by atoms with Crippen molar-refractivity contribution >= 4 is 11.6 Å². The van der Waals surface area contributed by atoms with Crippen molar-refractivity contribution < 1.29 is 4.79 Å². The minimum Gasteiger partial charge on any atom is -0.273 e. The highest BCUT2D eigenvalue weighted by Gasteiger charge is 2.03. The van der Waals surface area contributed by atoms with Crippen molar-refractivity contribution in [2.75, 3.05) is 0 Å². The molecule has 1 amide bonds. The molecule has 1 aromatic carbocycles. The summed E-state index contributed by atoms with van der Waals surface area (Å²) in [6.45, 7) is 7.95. The van der Waals surface area contributed by atoms with E-state index in [1.807, 2.05) is 52.0 Å². The fraction of sp³-hybridized carbons (Fsp3) is 0.429. The zero-order valence-electron chi connectivity index (χ0n) is 10.9. The maximum Gasteiger partial charge on any atom is 0.240 e. The van der Waals surface area contributed by atoms with Gasteiger partial charge in [-0.05, 0) is 25.3 Å². The standard InChI is InChI=1S/C14H20N2O/c1-10(2)9-14(17)16-15-12(4)13-7-5-11(3)6-8-13/h5-8,10H,9H2,1-4H3,(H,16,17)/b15-12+. The Labute approximate surface area is 103 Å². The fourth-order valence-corrected chi connectivity index (χ4v) is 1.42. The number of amides is 1. The lowest BCUT2D eigenvalue weighted by Crippen LogP contribution is -2.20. The van der Waals surface area contributed by atoms with Crippen molar-refractivity contribution in [1.82, 2.24) is 5.43 Å². The van der Waals surface area contributed by atoms with Gasteiger partial charge in [-0.15, -0.1) is 0 Å². The Balaban J connectivity index is 2.60. The second-order valence-corrected chi connectivity index (χ2v) is 4.70. The number of nitrogens with zero attached hydrogens (tertiary/aromatic N) is 1. The molecule has 17 heavy (non-hydrogen) atoms. The van der Waals surface area contributed by atoms with E-state index >= 15 is 0 Å². The molecule has 0 aliphatic heterocycles. The van der Waals surface area contributed by atoms with Crippen LogP contribution in [0.3, 0.4) is 0 Å². The first kappa shape index (κ1) is 13.4. The van der Waals surface area contributed by atoms with Crippen LogP contribution in [0.25, 0.3) is 0 Å². The van der Waals surface area contributed by atoms with Crippen molar-refractivity contribution in [3.8, 4) is 0 Å². The molecule has 1 N–H and O–H groups in total. The Bertz CT molecular complexity index is 405. The Morgan fingerprint density at radius 1 is 1.29 bits per heavy atom. The molecule has 0 aliphatic rings. The SMILES string of the molecule is C/C(=N\NC(=O)CC(C)C)c1ccc(C)cc1. The first-order valence-corrected chi connectivity index (χ1v) is 5.89. The fourth-order valence-electron chi connectivity index (χ4n) is 1.42. The van der Waals surface area contributed by atoms with Gasteiger partial charge in [-0.25, -0.2) is 5.43 Å². The molecule has 0 unspecified atom stereocenters. The third-order valence-corrected chi connectivity index (χ3v) is 2.41. The molecule has 1 aromatic rings. The highest BCUT2D eigenvalue weighted by Crippen LogP contribution is 2.04. The maximum absolute atomic E-state index is 11.4. The number of carbonyl (C=O) groups excluding carboxylic acids is 1. The average Bonchev–Trinajstić information content (AvgIpc) is 2.26. The quantitative estimate of drug-likeness (QED) is 0.629. The van der Waals surface area contributed by atoms with E-state index in [-0.39, 0.29) is 5.91 Å². The number of hydrogen-bond donors (Lipinski definition) is 1. The number of benzene rings is 1. The molecule has 0 spiro atoms. The van der Waals surface area contributed by atoms with Crippen LogP contribution in [-0.4, -0.2) is 11.6 Å². The van der Waals surface area contributed by atoms with Crippen LogP contribution in [0.2, 0.25) is 0 Å². The molecule has 0 bridgehead atoms. The molecule has 0 aliphatic carbocycles. The van der Waals surface area contributed by atoms with Crippen LogP contribution in [0.4, 0.5) is 0 Å². The highest BCUT2D eigenvalue weighted by atomic mass is 16.2. The summed E-state index contributed by atoms with van der Waals surface area (Å²) in [4.78, 5) is 11.4. The predicted molar refractivity (Wildman–Crippen MR) is 71.0 cm³/mol. The zero-order chi connectivity index (χ0) is 12.8. The molecule has 0 atom stereocenters. The lowest BCUT2D eigenvalue weighted by atomic mass is 10.1. The van der Waals surface area contributed by atoms with E-state index in [1.165, 1.54) is 5.56 Å². The Morgan fingerprint density at radius 2 is 1.88 bits per heavy atom. The summed E-state index contributed by atoms with van der Waals surface area (Å²) in [5.74, 6) is 0.316. The van der Waals surface area contributed by atoms with Crippen molar-refractivity contribution in [3.63, 3.8) is 0 Å². The van der Waals surface area contributed by atoms with E-state index < -0.39 is 0 Å². The molecule has 3 nitrogen and oxygen atoms in total. The van der Waals surface area contributed by atoms with Gasteiger partial charge < -0.3 is 0 Å².